The van der Waals surface area contributed by atoms with Crippen molar-refractivity contribution in [2.45, 2.75) is 33.1 Å². The summed E-state index contributed by atoms with van der Waals surface area (Å²) in [6.45, 7) is 7.86. The normalized spacial score (nSPS) is 16.3. The van der Waals surface area contributed by atoms with Crippen molar-refractivity contribution in [2.24, 2.45) is 0 Å². The molecule has 0 radical (unpaired) electrons. The van der Waals surface area contributed by atoms with Crippen LogP contribution in [0.15, 0.2) is 30.3 Å². The molecule has 0 spiro atoms. The van der Waals surface area contributed by atoms with Crippen molar-refractivity contribution in [1.29, 1.82) is 0 Å². The van der Waals surface area contributed by atoms with Crippen LogP contribution >= 0.6 is 0 Å². The molecule has 7 nitrogen and oxygen atoms in total. The summed E-state index contributed by atoms with van der Waals surface area (Å²) in [5, 5.41) is 9.72. The fourth-order valence-corrected chi connectivity index (χ4v) is 3.17. The summed E-state index contributed by atoms with van der Waals surface area (Å²) in [5.41, 5.74) is 4.23. The van der Waals surface area contributed by atoms with Gasteiger partial charge in [-0.15, -0.1) is 0 Å². The summed E-state index contributed by atoms with van der Waals surface area (Å²) in [7, 11) is 0. The van der Waals surface area contributed by atoms with Gasteiger partial charge in [-0.05, 0) is 50.8 Å². The van der Waals surface area contributed by atoms with Crippen LogP contribution in [0.25, 0.3) is 0 Å². The molecule has 7 heteroatoms. The Labute approximate surface area is 159 Å². The van der Waals surface area contributed by atoms with E-state index in [1.165, 1.54) is 5.56 Å². The summed E-state index contributed by atoms with van der Waals surface area (Å²) in [6, 6.07) is 10.5. The summed E-state index contributed by atoms with van der Waals surface area (Å²) in [5.74, 6) is 0.866. The van der Waals surface area contributed by atoms with Crippen molar-refractivity contribution in [1.82, 2.24) is 14.9 Å². The fraction of sp³-hybridized carbons (Fsp3) is 0.400. The molecule has 0 saturated carbocycles. The first kappa shape index (κ1) is 20.5. The second-order valence-electron chi connectivity index (χ2n) is 6.63. The highest BCUT2D eigenvalue weighted by molar-refractivity contribution is 5.90. The van der Waals surface area contributed by atoms with E-state index in [1.807, 2.05) is 26.8 Å². The van der Waals surface area contributed by atoms with Gasteiger partial charge in [-0.3, -0.25) is 19.8 Å². The molecular weight excluding hydrogens is 344 g/mol. The number of likely N-dealkylation sites (tertiary alicyclic amines) is 1. The van der Waals surface area contributed by atoms with E-state index in [0.29, 0.717) is 18.4 Å². The average Bonchev–Trinajstić information content (AvgIpc) is 3.09. The molecule has 2 aromatic rings. The Morgan fingerprint density at radius 2 is 1.81 bits per heavy atom. The fourth-order valence-electron chi connectivity index (χ4n) is 3.17. The number of anilines is 1. The van der Waals surface area contributed by atoms with Crippen LogP contribution in [0.1, 0.15) is 34.9 Å². The smallest absolute Gasteiger partial charge is 0.290 e. The largest absolute Gasteiger partial charge is 0.483 e. The number of carbonyl (C=O) groups is 2. The zero-order chi connectivity index (χ0) is 19.8. The summed E-state index contributed by atoms with van der Waals surface area (Å²) in [6.07, 6.45) is 1.09. The quantitative estimate of drug-likeness (QED) is 0.803. The van der Waals surface area contributed by atoms with Crippen LogP contribution in [0.4, 0.5) is 5.95 Å². The molecule has 0 bridgehead atoms. The topological polar surface area (TPSA) is 95.4 Å². The van der Waals surface area contributed by atoms with Gasteiger partial charge in [0.2, 0.25) is 11.9 Å². The minimum Gasteiger partial charge on any atom is -0.483 e. The lowest BCUT2D eigenvalue weighted by molar-refractivity contribution is -0.123. The van der Waals surface area contributed by atoms with E-state index in [2.05, 4.69) is 44.5 Å². The van der Waals surface area contributed by atoms with Crippen molar-refractivity contribution >= 4 is 18.3 Å². The first-order valence-corrected chi connectivity index (χ1v) is 8.91. The number of hydrogen-bond donors (Lipinski definition) is 2. The van der Waals surface area contributed by atoms with Gasteiger partial charge in [0, 0.05) is 17.9 Å². The van der Waals surface area contributed by atoms with Gasteiger partial charge in [-0.2, -0.15) is 0 Å². The minimum absolute atomic E-state index is 0.0497. The third kappa shape index (κ3) is 5.86. The van der Waals surface area contributed by atoms with Gasteiger partial charge in [0.25, 0.3) is 6.47 Å². The van der Waals surface area contributed by atoms with E-state index in [-0.39, 0.29) is 12.4 Å². The van der Waals surface area contributed by atoms with Crippen LogP contribution in [-0.2, 0) is 9.59 Å². The standard InChI is InChI=1S/C19H24N4O.CH2O2/c1-13-14(2)20-19(21-15(13)3)22-18(24)12-23-10-9-17(11-23)16-7-5-4-6-8-16;2-1-3/h4-8,17H,9-12H2,1-3H3,(H,20,21,22,24);1H,(H,2,3). The number of nitrogens with zero attached hydrogens (tertiary/aromatic N) is 3. The number of carbonyl (C=O) groups excluding carboxylic acids is 1. The van der Waals surface area contributed by atoms with E-state index in [4.69, 9.17) is 9.90 Å². The maximum atomic E-state index is 12.3. The lowest BCUT2D eigenvalue weighted by atomic mass is 9.99. The first-order chi connectivity index (χ1) is 12.9. The van der Waals surface area contributed by atoms with Crippen LogP contribution in [-0.4, -0.2) is 52.0 Å². The molecular formula is C20H26N4O3. The molecule has 1 aromatic carbocycles. The van der Waals surface area contributed by atoms with Gasteiger partial charge in [-0.25, -0.2) is 9.97 Å². The number of rotatable bonds is 4. The van der Waals surface area contributed by atoms with Crippen LogP contribution in [0, 0.1) is 20.8 Å². The minimum atomic E-state index is -0.250. The van der Waals surface area contributed by atoms with Gasteiger partial charge in [-0.1, -0.05) is 30.3 Å². The molecule has 1 fully saturated rings. The molecule has 1 amide bonds. The predicted octanol–water partition coefficient (Wildman–Crippen LogP) is 2.53. The van der Waals surface area contributed by atoms with Crippen molar-refractivity contribution < 1.29 is 14.7 Å². The van der Waals surface area contributed by atoms with Crippen LogP contribution < -0.4 is 5.32 Å². The number of carboxylic acid groups (broad SMARTS) is 1. The Hall–Kier alpha value is -2.80. The van der Waals surface area contributed by atoms with E-state index >= 15 is 0 Å². The monoisotopic (exact) mass is 370 g/mol. The summed E-state index contributed by atoms with van der Waals surface area (Å²) >= 11 is 0. The number of hydrogen-bond acceptors (Lipinski definition) is 5. The highest BCUT2D eigenvalue weighted by Gasteiger charge is 2.25. The van der Waals surface area contributed by atoms with Crippen LogP contribution in [0.2, 0.25) is 0 Å². The zero-order valence-electron chi connectivity index (χ0n) is 16.0. The Bertz CT molecular complexity index is 757. The molecule has 1 atom stereocenters. The maximum Gasteiger partial charge on any atom is 0.290 e. The van der Waals surface area contributed by atoms with E-state index in [0.717, 1.165) is 36.5 Å². The highest BCUT2D eigenvalue weighted by Crippen LogP contribution is 2.26. The molecule has 2 N–H and O–H groups in total. The number of aromatic nitrogens is 2. The molecule has 2 heterocycles. The highest BCUT2D eigenvalue weighted by atomic mass is 16.3. The van der Waals surface area contributed by atoms with Gasteiger partial charge >= 0.3 is 0 Å². The molecule has 0 aliphatic carbocycles. The van der Waals surface area contributed by atoms with Gasteiger partial charge in [0.15, 0.2) is 0 Å². The van der Waals surface area contributed by atoms with Crippen molar-refractivity contribution in [3.63, 3.8) is 0 Å². The van der Waals surface area contributed by atoms with E-state index in [9.17, 15) is 4.79 Å². The van der Waals surface area contributed by atoms with Crippen molar-refractivity contribution in [3.8, 4) is 0 Å². The summed E-state index contributed by atoms with van der Waals surface area (Å²) < 4.78 is 0. The molecule has 3 rings (SSSR count). The third-order valence-corrected chi connectivity index (χ3v) is 4.79. The van der Waals surface area contributed by atoms with Crippen molar-refractivity contribution in [3.05, 3.63) is 52.8 Å². The molecule has 144 valence electrons. The third-order valence-electron chi connectivity index (χ3n) is 4.79. The number of aryl methyl sites for hydroxylation is 2. The molecule has 1 aromatic heterocycles. The molecule has 27 heavy (non-hydrogen) atoms. The lowest BCUT2D eigenvalue weighted by Crippen LogP contribution is -2.32. The Balaban J connectivity index is 0.000000817. The van der Waals surface area contributed by atoms with Crippen LogP contribution in [0.5, 0.6) is 0 Å². The van der Waals surface area contributed by atoms with Gasteiger partial charge < -0.3 is 5.11 Å². The molecule has 1 saturated heterocycles. The first-order valence-electron chi connectivity index (χ1n) is 8.91. The van der Waals surface area contributed by atoms with E-state index < -0.39 is 0 Å². The maximum absolute atomic E-state index is 12.3. The van der Waals surface area contributed by atoms with Crippen LogP contribution in [0.3, 0.4) is 0 Å². The van der Waals surface area contributed by atoms with Gasteiger partial charge in [0.1, 0.15) is 0 Å². The Morgan fingerprint density at radius 1 is 1.22 bits per heavy atom. The van der Waals surface area contributed by atoms with E-state index in [1.54, 1.807) is 0 Å². The number of nitrogens with one attached hydrogen (secondary N) is 1. The average molecular weight is 370 g/mol. The van der Waals surface area contributed by atoms with Crippen molar-refractivity contribution in [2.75, 3.05) is 25.0 Å². The second-order valence-corrected chi connectivity index (χ2v) is 6.63. The second kappa shape index (κ2) is 9.78. The SMILES string of the molecule is Cc1nc(NC(=O)CN2CCC(c3ccccc3)C2)nc(C)c1C.O=CO. The molecule has 1 aliphatic rings. The predicted molar refractivity (Wildman–Crippen MR) is 104 cm³/mol. The zero-order valence-corrected chi connectivity index (χ0v) is 16.0. The summed E-state index contributed by atoms with van der Waals surface area (Å²) in [4.78, 5) is 31.5. The number of amides is 1. The Morgan fingerprint density at radius 3 is 2.41 bits per heavy atom. The Kier molecular flexibility index (Phi) is 7.43. The molecule has 1 unspecified atom stereocenters. The molecule has 1 aliphatic heterocycles. The lowest BCUT2D eigenvalue weighted by Gasteiger charge is -2.16. The number of benzene rings is 1. The van der Waals surface area contributed by atoms with Gasteiger partial charge in [0.05, 0.1) is 6.54 Å².